The fourth-order valence-electron chi connectivity index (χ4n) is 13.8. The zero-order valence-electron chi connectivity index (χ0n) is 77.7. The van der Waals surface area contributed by atoms with Crippen molar-refractivity contribution in [1.29, 1.82) is 0 Å². The quantitative estimate of drug-likeness (QED) is 0.0203. The molecule has 4 saturated heterocycles. The minimum absolute atomic E-state index is 0.0110. The molecular weight excluding hydrogens is 1800 g/mol. The first-order chi connectivity index (χ1) is 61.2. The van der Waals surface area contributed by atoms with E-state index >= 15 is 0 Å². The molecule has 0 aromatic carbocycles. The molecule has 4 rings (SSSR count). The number of amides is 9. The second-order valence-electron chi connectivity index (χ2n) is 36.6. The molecule has 0 aromatic rings. The van der Waals surface area contributed by atoms with Crippen molar-refractivity contribution in [3.05, 3.63) is 0 Å². The summed E-state index contributed by atoms with van der Waals surface area (Å²) in [7, 11) is -9.16. The van der Waals surface area contributed by atoms with Crippen LogP contribution < -0.4 is 47.9 Å². The lowest BCUT2D eigenvalue weighted by molar-refractivity contribution is -0.270. The summed E-state index contributed by atoms with van der Waals surface area (Å²) in [5, 5.41) is 143. The molecule has 0 aliphatic carbocycles. The molecule has 23 N–H and O–H groups in total. The fraction of sp³-hybridized carbons (Fsp3) is 0.863. The average molecular weight is 1950 g/mol. The number of ketones is 2. The van der Waals surface area contributed by atoms with Crippen LogP contribution >= 0.6 is 15.6 Å². The molecular formula is C80H145N9O41P2. The Kier molecular flexibility index (Phi) is 51.8. The van der Waals surface area contributed by atoms with Crippen molar-refractivity contribution < 1.29 is 198 Å². The first-order valence-electron chi connectivity index (χ1n) is 43.4. The lowest BCUT2D eigenvalue weighted by Crippen LogP contribution is -2.64. The largest absolute Gasteiger partial charge is 0.473 e. The van der Waals surface area contributed by atoms with E-state index in [4.69, 9.17) is 65.5 Å². The molecule has 0 spiro atoms. The third-order valence-electron chi connectivity index (χ3n) is 19.5. The topological polar surface area (TPSA) is 743 Å². The van der Waals surface area contributed by atoms with E-state index in [1.165, 1.54) is 13.8 Å². The van der Waals surface area contributed by atoms with Crippen molar-refractivity contribution in [1.82, 2.24) is 47.9 Å². The number of alkyl carbamates (subject to hydrolysis) is 2. The van der Waals surface area contributed by atoms with Gasteiger partial charge in [-0.05, 0) is 110 Å². The van der Waals surface area contributed by atoms with Gasteiger partial charge >= 0.3 is 27.8 Å². The predicted octanol–water partition coefficient (Wildman–Crippen LogP) is -4.13. The Labute approximate surface area is 766 Å². The number of unbranched alkanes of at least 4 members (excludes halogenated alkanes) is 2. The third-order valence-corrected chi connectivity index (χ3v) is 22.2. The Hall–Kier alpha value is -6.41. The third kappa shape index (κ3) is 46.2. The highest BCUT2D eigenvalue weighted by Gasteiger charge is 2.50. The molecule has 50 nitrogen and oxygen atoms in total. The molecule has 4 fully saturated rings. The summed E-state index contributed by atoms with van der Waals surface area (Å²) in [6.45, 7) is 20.0. The number of hydrogen-bond acceptors (Lipinski definition) is 39. The van der Waals surface area contributed by atoms with Gasteiger partial charge in [0.2, 0.25) is 41.4 Å². The number of phosphoric ester groups is 2. The van der Waals surface area contributed by atoms with Gasteiger partial charge in [0.25, 0.3) is 0 Å². The van der Waals surface area contributed by atoms with Crippen LogP contribution in [-0.4, -0.2) is 380 Å². The van der Waals surface area contributed by atoms with Crippen LogP contribution in [0.25, 0.3) is 0 Å². The maximum atomic E-state index is 13.5. The number of carbonyl (C=O) groups is 11. The Bertz CT molecular complexity index is 3690. The number of aliphatic hydroxyl groups is 12. The molecule has 4 heterocycles. The normalized spacial score (nSPS) is 27.7. The highest BCUT2D eigenvalue weighted by atomic mass is 31.2. The van der Waals surface area contributed by atoms with Crippen LogP contribution in [-0.2, 0) is 118 Å². The van der Waals surface area contributed by atoms with E-state index < -0.39 is 309 Å². The number of carbonyl (C=O) groups excluding carboxylic acids is 11. The van der Waals surface area contributed by atoms with Crippen molar-refractivity contribution in [3.8, 4) is 0 Å². The number of nitrogens with one attached hydrogen (secondary N) is 9. The second kappa shape index (κ2) is 57.1. The van der Waals surface area contributed by atoms with E-state index in [1.807, 2.05) is 41.5 Å². The van der Waals surface area contributed by atoms with Crippen LogP contribution in [0.1, 0.15) is 188 Å². The highest BCUT2D eigenvalue weighted by Crippen LogP contribution is 2.51. The first kappa shape index (κ1) is 120. The number of ether oxygens (including phenoxy) is 10. The fourth-order valence-corrected chi connectivity index (χ4v) is 16.3. The SMILES string of the molecule is CC(=O)N[C@H]1[C@H](OCC(=O)NCCCC[C@H](NC(=O)CO[C@@H]2O[C@H](CO)[C@H](O)[C@H](O)[C@H]2NC(C)=O)C(=O)CCCNC(=O)OC[C@@H](CC(C)(C)C)OP(=O)(O)OC(C)(C)C)O[C@H](CO)[C@H](O)[C@@H]1O.CC(=O)N[C@H]1[C@H](OCCCCC(=O)[C@H](CC(=O)NCCCO[C@@H]2O[C@H](CO)[C@H](O)[C@H](O)[C@H]2NC(C)=O)NC(=O)OC[C@@H](CC(C)(C)C)OP(=O)(O)OC(C)(C)C)O[C@H](CO)[C@H](O)[C@@H]1O. The summed E-state index contributed by atoms with van der Waals surface area (Å²) in [4.78, 5) is 159. The molecule has 2 unspecified atom stereocenters. The minimum Gasteiger partial charge on any atom is -0.447 e. The standard InChI is InChI=1S/C41H74N5O21P.C39H71N4O20P/c1-22(49)44-31-35(56)33(54)27(17-47)64-37(31)61-20-29(52)42-14-10-9-12-25(46-30(53)21-62-38-32(45-23(2)50)36(57)34(55)28(18-48)65-38)26(51)13-11-15-43-39(58)63-19-24(16-40(3,4)5)66-68(59,60)67-41(6,7)8;1-21(46)41-29-33(52)31(50)26(18-44)60-35(29)57-14-10-9-12-25(48)24(43-37(54)59-20-23(17-38(3,4)5)62-64(55,56)63-39(6,7)8)16-28(49)40-13-11-15-58-36-30(42-22(2)47)34(53)32(51)27(19-45)61-36/h24-25,27-28,31-38,47-48,54-57H,9-21H2,1-8H3,(H,42,52)(H,43,58)(H,44,49)(H,45,50)(H,46,53)(H,59,60);23-24,26-27,29-36,44-45,50-53H,9-20H2,1-8H3,(H,40,49)(H,41,46)(H,42,47)(H,43,54)(H,55,56)/t24-,25+,27-,28-,31-,32-,33+,34+,35-,36-,37-,38-;23-,24+,26-,27-,29-,30-,31+,32+,33-,34-,35-,36-/m11/s1. The van der Waals surface area contributed by atoms with Crippen LogP contribution in [0, 0.1) is 10.8 Å². The van der Waals surface area contributed by atoms with E-state index in [0.717, 1.165) is 13.8 Å². The van der Waals surface area contributed by atoms with Gasteiger partial charge in [0.1, 0.15) is 136 Å². The van der Waals surface area contributed by atoms with Crippen LogP contribution in [0.4, 0.5) is 9.59 Å². The van der Waals surface area contributed by atoms with Crippen LogP contribution in [0.15, 0.2) is 0 Å². The van der Waals surface area contributed by atoms with Crippen molar-refractivity contribution >= 4 is 80.7 Å². The predicted molar refractivity (Wildman–Crippen MR) is 456 cm³/mol. The van der Waals surface area contributed by atoms with Crippen molar-refractivity contribution in [3.63, 3.8) is 0 Å². The molecule has 26 atom stereocenters. The van der Waals surface area contributed by atoms with E-state index in [-0.39, 0.29) is 103 Å². The van der Waals surface area contributed by atoms with E-state index in [2.05, 4.69) is 47.9 Å². The summed E-state index contributed by atoms with van der Waals surface area (Å²) in [5.41, 5.74) is -2.90. The lowest BCUT2D eigenvalue weighted by atomic mass is 9.89. The Balaban J connectivity index is 0.000000681. The zero-order valence-corrected chi connectivity index (χ0v) is 79.5. The molecule has 4 aliphatic rings. The number of hydrogen-bond donors (Lipinski definition) is 23. The molecule has 0 bridgehead atoms. The van der Waals surface area contributed by atoms with Gasteiger partial charge in [-0.2, -0.15) is 0 Å². The summed E-state index contributed by atoms with van der Waals surface area (Å²) in [5.74, 6) is -5.45. The molecule has 4 aliphatic heterocycles. The molecule has 0 aromatic heterocycles. The summed E-state index contributed by atoms with van der Waals surface area (Å²) >= 11 is 0. The molecule has 766 valence electrons. The number of aliphatic hydroxyl groups excluding tert-OH is 12. The molecule has 9 amide bonds. The Morgan fingerprint density at radius 2 is 0.712 bits per heavy atom. The van der Waals surface area contributed by atoms with Crippen molar-refractivity contribution in [2.45, 2.75) is 346 Å². The van der Waals surface area contributed by atoms with Gasteiger partial charge in [0.15, 0.2) is 36.7 Å². The van der Waals surface area contributed by atoms with Crippen LogP contribution in [0.5, 0.6) is 0 Å². The molecule has 132 heavy (non-hydrogen) atoms. The minimum atomic E-state index is -4.62. The average Bonchev–Trinajstić information content (AvgIpc) is 0.818. The van der Waals surface area contributed by atoms with E-state index in [1.54, 1.807) is 41.5 Å². The summed E-state index contributed by atoms with van der Waals surface area (Å²) in [6.07, 6.45) is -26.3. The van der Waals surface area contributed by atoms with Crippen molar-refractivity contribution in [2.24, 2.45) is 10.8 Å². The van der Waals surface area contributed by atoms with Gasteiger partial charge in [0, 0.05) is 66.8 Å². The zero-order chi connectivity index (χ0) is 100. The molecule has 52 heteroatoms. The maximum Gasteiger partial charge on any atom is 0.473 e. The lowest BCUT2D eigenvalue weighted by Gasteiger charge is -2.42. The Morgan fingerprint density at radius 1 is 0.379 bits per heavy atom. The summed E-state index contributed by atoms with van der Waals surface area (Å²) in [6, 6.07) is -7.49. The maximum absolute atomic E-state index is 13.5. The molecule has 0 saturated carbocycles. The van der Waals surface area contributed by atoms with Gasteiger partial charge in [-0.1, -0.05) is 41.5 Å². The van der Waals surface area contributed by atoms with Crippen LogP contribution in [0.2, 0.25) is 0 Å². The van der Waals surface area contributed by atoms with Crippen molar-refractivity contribution in [2.75, 3.05) is 85.7 Å². The van der Waals surface area contributed by atoms with Gasteiger partial charge in [-0.25, -0.2) is 18.7 Å². The van der Waals surface area contributed by atoms with E-state index in [9.17, 15) is 133 Å². The highest BCUT2D eigenvalue weighted by molar-refractivity contribution is 7.47. The Morgan fingerprint density at radius 3 is 1.08 bits per heavy atom. The molecule has 0 radical (unpaired) electrons. The van der Waals surface area contributed by atoms with Gasteiger partial charge in [-0.15, -0.1) is 0 Å². The monoisotopic (exact) mass is 1950 g/mol. The summed E-state index contributed by atoms with van der Waals surface area (Å²) < 4.78 is 101. The number of rotatable bonds is 52. The van der Waals surface area contributed by atoms with Gasteiger partial charge in [-0.3, -0.25) is 61.2 Å². The smallest absolute Gasteiger partial charge is 0.447 e. The second-order valence-corrected chi connectivity index (χ2v) is 39.3. The van der Waals surface area contributed by atoms with E-state index in [0.29, 0.717) is 0 Å². The van der Waals surface area contributed by atoms with Gasteiger partial charge in [0.05, 0.1) is 62.7 Å². The first-order valence-corrected chi connectivity index (χ1v) is 46.4. The number of Topliss-reactive ketones (excluding diaryl/α,β-unsaturated/α-hetero) is 2. The number of phosphoric acid groups is 2. The van der Waals surface area contributed by atoms with Gasteiger partial charge < -0.3 is 166 Å². The van der Waals surface area contributed by atoms with Crippen LogP contribution in [0.3, 0.4) is 0 Å².